The summed E-state index contributed by atoms with van der Waals surface area (Å²) in [5.41, 5.74) is -0.875. The molecule has 0 bridgehead atoms. The smallest absolute Gasteiger partial charge is 0.317 e. The van der Waals surface area contributed by atoms with Crippen LogP contribution in [0.2, 0.25) is 0 Å². The Labute approximate surface area is 223 Å². The summed E-state index contributed by atoms with van der Waals surface area (Å²) in [5.74, 6) is -4.84. The lowest BCUT2D eigenvalue weighted by Crippen LogP contribution is -2.60. The molecule has 0 amide bonds. The number of carboxylic acids is 1. The first-order valence-corrected chi connectivity index (χ1v) is 11.5. The number of phenolic OH excluding ortho intramolecular Hbond substituents is 3. The van der Waals surface area contributed by atoms with Gasteiger partial charge in [0.25, 0.3) is 0 Å². The second kappa shape index (κ2) is 11.3. The molecule has 0 spiro atoms. The van der Waals surface area contributed by atoms with Crippen LogP contribution in [0.15, 0.2) is 39.5 Å². The standard InChI is InChI=1S/C25H24O15/c1-36-24-20(33)18-13(28)5-10(6-14(18)39-23(24)9-2-3-11(26)12(27)4-9)38-25-22(35)21(34)19(32)15(40-25)8-37-17(31)7-16(29)30/h2-6,15,19,21-22,25-28,32,34-35H,7-8H2,1H3,(H,29,30). The molecule has 0 saturated carbocycles. The first kappa shape index (κ1) is 28.4. The number of hydrogen-bond acceptors (Lipinski definition) is 14. The Morgan fingerprint density at radius 2 is 1.68 bits per heavy atom. The number of rotatable bonds is 8. The zero-order valence-electron chi connectivity index (χ0n) is 20.6. The van der Waals surface area contributed by atoms with Crippen LogP contribution in [0.1, 0.15) is 6.42 Å². The summed E-state index contributed by atoms with van der Waals surface area (Å²) < 4.78 is 26.6. The first-order valence-electron chi connectivity index (χ1n) is 11.5. The average molecular weight is 564 g/mol. The maximum atomic E-state index is 13.1. The molecule has 5 atom stereocenters. The third-order valence-electron chi connectivity index (χ3n) is 5.97. The van der Waals surface area contributed by atoms with Crippen molar-refractivity contribution in [2.45, 2.75) is 37.1 Å². The monoisotopic (exact) mass is 564 g/mol. The zero-order chi connectivity index (χ0) is 29.3. The Hall–Kier alpha value is -4.57. The molecule has 4 rings (SSSR count). The molecule has 15 nitrogen and oxygen atoms in total. The summed E-state index contributed by atoms with van der Waals surface area (Å²) in [4.78, 5) is 35.3. The van der Waals surface area contributed by atoms with Gasteiger partial charge in [0.15, 0.2) is 17.3 Å². The Morgan fingerprint density at radius 1 is 0.950 bits per heavy atom. The fourth-order valence-corrected chi connectivity index (χ4v) is 4.00. The largest absolute Gasteiger partial charge is 0.507 e. The van der Waals surface area contributed by atoms with E-state index in [0.29, 0.717) is 0 Å². The highest BCUT2D eigenvalue weighted by atomic mass is 16.7. The van der Waals surface area contributed by atoms with Crippen LogP contribution in [0.25, 0.3) is 22.3 Å². The quantitative estimate of drug-likeness (QED) is 0.106. The molecular weight excluding hydrogens is 540 g/mol. The number of benzene rings is 2. The van der Waals surface area contributed by atoms with Gasteiger partial charge in [0.05, 0.1) is 7.11 Å². The molecule has 5 unspecified atom stereocenters. The van der Waals surface area contributed by atoms with Crippen LogP contribution in [-0.2, 0) is 19.1 Å². The number of aromatic hydroxyl groups is 3. The number of ether oxygens (including phenoxy) is 4. The van der Waals surface area contributed by atoms with Crippen LogP contribution in [0, 0.1) is 0 Å². The summed E-state index contributed by atoms with van der Waals surface area (Å²) in [6.07, 6.45) is -9.51. The van der Waals surface area contributed by atoms with Crippen LogP contribution in [0.3, 0.4) is 0 Å². The molecule has 1 aliphatic heterocycles. The van der Waals surface area contributed by atoms with Crippen molar-refractivity contribution < 1.29 is 68.7 Å². The van der Waals surface area contributed by atoms with Crippen molar-refractivity contribution in [2.24, 2.45) is 0 Å². The van der Waals surface area contributed by atoms with E-state index < -0.39 is 78.3 Å². The topological polar surface area (TPSA) is 243 Å². The summed E-state index contributed by atoms with van der Waals surface area (Å²) in [5, 5.41) is 69.2. The fourth-order valence-electron chi connectivity index (χ4n) is 4.00. The van der Waals surface area contributed by atoms with Gasteiger partial charge >= 0.3 is 11.9 Å². The van der Waals surface area contributed by atoms with Crippen LogP contribution in [0.4, 0.5) is 0 Å². The second-order valence-electron chi connectivity index (χ2n) is 8.70. The van der Waals surface area contributed by atoms with E-state index in [9.17, 15) is 45.0 Å². The second-order valence-corrected chi connectivity index (χ2v) is 8.70. The molecule has 1 fully saturated rings. The van der Waals surface area contributed by atoms with Gasteiger partial charge in [0.1, 0.15) is 59.9 Å². The molecule has 1 aliphatic rings. The van der Waals surface area contributed by atoms with Crippen molar-refractivity contribution in [3.8, 4) is 40.1 Å². The van der Waals surface area contributed by atoms with Gasteiger partial charge in [-0.05, 0) is 18.2 Å². The number of methoxy groups -OCH3 is 1. The number of carboxylic acid groups (broad SMARTS) is 1. The van der Waals surface area contributed by atoms with Crippen molar-refractivity contribution >= 4 is 22.9 Å². The fraction of sp³-hybridized carbons (Fsp3) is 0.320. The van der Waals surface area contributed by atoms with E-state index in [0.717, 1.165) is 24.3 Å². The van der Waals surface area contributed by atoms with Gasteiger partial charge in [-0.15, -0.1) is 0 Å². The van der Waals surface area contributed by atoms with E-state index in [1.807, 2.05) is 0 Å². The van der Waals surface area contributed by atoms with Gasteiger partial charge in [-0.3, -0.25) is 14.4 Å². The maximum absolute atomic E-state index is 13.1. The molecule has 1 aromatic heterocycles. The maximum Gasteiger partial charge on any atom is 0.317 e. The number of carbonyl (C=O) groups excluding carboxylic acids is 1. The molecule has 1 saturated heterocycles. The Bertz CT molecular complexity index is 1500. The van der Waals surface area contributed by atoms with Crippen LogP contribution in [-0.4, -0.2) is 92.1 Å². The van der Waals surface area contributed by atoms with E-state index in [1.165, 1.54) is 13.2 Å². The van der Waals surface area contributed by atoms with E-state index in [-0.39, 0.29) is 33.8 Å². The molecule has 2 aromatic carbocycles. The minimum Gasteiger partial charge on any atom is -0.507 e. The lowest BCUT2D eigenvalue weighted by molar-refractivity contribution is -0.278. The highest BCUT2D eigenvalue weighted by Gasteiger charge is 2.45. The van der Waals surface area contributed by atoms with Crippen molar-refractivity contribution in [1.29, 1.82) is 0 Å². The number of hydrogen-bond donors (Lipinski definition) is 7. The summed E-state index contributed by atoms with van der Waals surface area (Å²) >= 11 is 0. The minimum absolute atomic E-state index is 0.139. The Kier molecular flexibility index (Phi) is 8.01. The van der Waals surface area contributed by atoms with Crippen LogP contribution >= 0.6 is 0 Å². The third kappa shape index (κ3) is 5.57. The van der Waals surface area contributed by atoms with Crippen molar-refractivity contribution in [2.75, 3.05) is 13.7 Å². The molecule has 3 aromatic rings. The molecule has 0 aliphatic carbocycles. The van der Waals surface area contributed by atoms with E-state index in [2.05, 4.69) is 0 Å². The third-order valence-corrected chi connectivity index (χ3v) is 5.97. The van der Waals surface area contributed by atoms with Crippen LogP contribution in [0.5, 0.6) is 28.7 Å². The minimum atomic E-state index is -1.84. The number of carbonyl (C=O) groups is 2. The molecule has 15 heteroatoms. The lowest BCUT2D eigenvalue weighted by atomic mass is 9.99. The molecule has 40 heavy (non-hydrogen) atoms. The van der Waals surface area contributed by atoms with Crippen molar-refractivity contribution in [3.05, 3.63) is 40.6 Å². The predicted molar refractivity (Wildman–Crippen MR) is 130 cm³/mol. The SMILES string of the molecule is COc1c(-c2ccc(O)c(O)c2)oc2cc(OC3OC(COC(=O)CC(=O)O)C(O)C(O)C3O)cc(O)c2c1=O. The van der Waals surface area contributed by atoms with Crippen LogP contribution < -0.4 is 14.9 Å². The summed E-state index contributed by atoms with van der Waals surface area (Å²) in [7, 11) is 1.19. The van der Waals surface area contributed by atoms with Crippen molar-refractivity contribution in [1.82, 2.24) is 0 Å². The highest BCUT2D eigenvalue weighted by Crippen LogP contribution is 2.39. The molecule has 7 N–H and O–H groups in total. The number of fused-ring (bicyclic) bond motifs is 1. The lowest BCUT2D eigenvalue weighted by Gasteiger charge is -2.39. The van der Waals surface area contributed by atoms with Gasteiger partial charge < -0.3 is 59.1 Å². The molecule has 0 radical (unpaired) electrons. The number of esters is 1. The summed E-state index contributed by atoms with van der Waals surface area (Å²) in [6.45, 7) is -0.683. The summed E-state index contributed by atoms with van der Waals surface area (Å²) in [6, 6.07) is 5.74. The van der Waals surface area contributed by atoms with Gasteiger partial charge in [-0.1, -0.05) is 0 Å². The number of aliphatic carboxylic acids is 1. The number of phenols is 3. The average Bonchev–Trinajstić information content (AvgIpc) is 2.89. The van der Waals surface area contributed by atoms with Gasteiger partial charge in [-0.25, -0.2) is 0 Å². The molecular formula is C25H24O15. The van der Waals surface area contributed by atoms with Crippen molar-refractivity contribution in [3.63, 3.8) is 0 Å². The van der Waals surface area contributed by atoms with Gasteiger partial charge in [-0.2, -0.15) is 0 Å². The van der Waals surface area contributed by atoms with E-state index >= 15 is 0 Å². The van der Waals surface area contributed by atoms with Gasteiger partial charge in [0.2, 0.25) is 17.5 Å². The number of aliphatic hydroxyl groups is 3. The highest BCUT2D eigenvalue weighted by molar-refractivity contribution is 5.90. The normalized spacial score (nSPS) is 22.6. The Morgan fingerprint density at radius 3 is 2.33 bits per heavy atom. The molecule has 2 heterocycles. The molecule has 214 valence electrons. The van der Waals surface area contributed by atoms with E-state index in [1.54, 1.807) is 0 Å². The predicted octanol–water partition coefficient (Wildman–Crippen LogP) is -0.210. The van der Waals surface area contributed by atoms with E-state index in [4.69, 9.17) is 28.5 Å². The van der Waals surface area contributed by atoms with Gasteiger partial charge in [0, 0.05) is 17.7 Å². The first-order chi connectivity index (χ1) is 18.9. The Balaban J connectivity index is 1.66. The zero-order valence-corrected chi connectivity index (χ0v) is 20.6. The number of aliphatic hydroxyl groups excluding tert-OH is 3.